The molecule has 64 heavy (non-hydrogen) atoms. The summed E-state index contributed by atoms with van der Waals surface area (Å²) in [5.41, 5.74) is 17.1. The summed E-state index contributed by atoms with van der Waals surface area (Å²) in [4.78, 5) is 2.48. The topological polar surface area (TPSA) is 8.17 Å². The van der Waals surface area contributed by atoms with Crippen LogP contribution in [0.5, 0.6) is 0 Å². The van der Waals surface area contributed by atoms with Gasteiger partial charge in [0.25, 0.3) is 0 Å². The first-order valence-corrected chi connectivity index (χ1v) is 25.4. The van der Waals surface area contributed by atoms with E-state index in [0.717, 1.165) is 11.4 Å². The molecule has 0 saturated carbocycles. The zero-order chi connectivity index (χ0) is 42.6. The Morgan fingerprint density at radius 2 is 0.984 bits per heavy atom. The molecule has 1 aliphatic heterocycles. The zero-order valence-corrected chi connectivity index (χ0v) is 36.8. The predicted octanol–water partition coefficient (Wildman–Crippen LogP) is 14.6. The molecular weight excluding hydrogens is 789 g/mol. The van der Waals surface area contributed by atoms with Crippen molar-refractivity contribution in [3.63, 3.8) is 0 Å². The van der Waals surface area contributed by atoms with Crippen LogP contribution in [0.1, 0.15) is 22.3 Å². The van der Waals surface area contributed by atoms with Crippen molar-refractivity contribution in [2.45, 2.75) is 18.5 Å². The molecule has 2 aliphatic rings. The molecule has 0 N–H and O–H groups in total. The second kappa shape index (κ2) is 13.9. The molecule has 13 rings (SSSR count). The minimum absolute atomic E-state index is 0.480. The van der Waals surface area contributed by atoms with Gasteiger partial charge in [0.2, 0.25) is 0 Å². The summed E-state index contributed by atoms with van der Waals surface area (Å²) >= 11 is 0. The van der Waals surface area contributed by atoms with Gasteiger partial charge in [-0.05, 0) is 115 Å². The summed E-state index contributed by atoms with van der Waals surface area (Å²) in [6.07, 6.45) is 0. The number of nitrogens with zero attached hydrogens (tertiary/aromatic N) is 2. The fraction of sp³-hybridized carbons (Fsp3) is 0.0492. The van der Waals surface area contributed by atoms with Gasteiger partial charge in [-0.15, -0.1) is 0 Å². The van der Waals surface area contributed by atoms with E-state index in [2.05, 4.69) is 253 Å². The van der Waals surface area contributed by atoms with Crippen LogP contribution < -0.4 is 15.3 Å². The summed E-state index contributed by atoms with van der Waals surface area (Å²) in [5.74, 6) is 0. The lowest BCUT2D eigenvalue weighted by molar-refractivity contribution is 0.754. The van der Waals surface area contributed by atoms with Crippen LogP contribution in [0.2, 0.25) is 13.1 Å². The Bertz CT molecular complexity index is 3650. The molecule has 0 amide bonds. The maximum Gasteiger partial charge on any atom is 0.113 e. The Kier molecular flexibility index (Phi) is 8.01. The van der Waals surface area contributed by atoms with E-state index in [-0.39, 0.29) is 0 Å². The lowest BCUT2D eigenvalue weighted by Crippen LogP contribution is -2.63. The molecule has 1 atom stereocenters. The molecule has 1 aliphatic carbocycles. The number of para-hydroxylation sites is 3. The van der Waals surface area contributed by atoms with Crippen molar-refractivity contribution < 1.29 is 0 Å². The van der Waals surface area contributed by atoms with Gasteiger partial charge < -0.3 is 9.47 Å². The summed E-state index contributed by atoms with van der Waals surface area (Å²) in [5, 5.41) is 8.09. The van der Waals surface area contributed by atoms with Crippen LogP contribution in [-0.4, -0.2) is 12.6 Å². The summed E-state index contributed by atoms with van der Waals surface area (Å²) in [6.45, 7) is 5.12. The fourth-order valence-corrected chi connectivity index (χ4v) is 14.9. The van der Waals surface area contributed by atoms with Crippen LogP contribution in [0.4, 0.5) is 17.1 Å². The second-order valence-electron chi connectivity index (χ2n) is 18.0. The minimum atomic E-state index is -2.29. The van der Waals surface area contributed by atoms with Crippen molar-refractivity contribution in [1.82, 2.24) is 4.57 Å². The molecule has 10 aromatic carbocycles. The van der Waals surface area contributed by atoms with Crippen LogP contribution in [0.15, 0.2) is 231 Å². The molecule has 0 bridgehead atoms. The maximum absolute atomic E-state index is 2.57. The number of rotatable bonds is 5. The molecule has 1 unspecified atom stereocenters. The molecule has 302 valence electrons. The molecule has 2 heterocycles. The van der Waals surface area contributed by atoms with Crippen LogP contribution in [0, 0.1) is 0 Å². The highest BCUT2D eigenvalue weighted by atomic mass is 28.3. The van der Waals surface area contributed by atoms with Crippen LogP contribution in [0.25, 0.3) is 60.5 Å². The Hall–Kier alpha value is -7.72. The molecule has 11 aromatic rings. The van der Waals surface area contributed by atoms with Gasteiger partial charge in [0, 0.05) is 33.4 Å². The number of hydrogen-bond donors (Lipinski definition) is 0. The quantitative estimate of drug-likeness (QED) is 0.157. The van der Waals surface area contributed by atoms with E-state index in [1.807, 2.05) is 0 Å². The van der Waals surface area contributed by atoms with E-state index in [1.165, 1.54) is 98.8 Å². The monoisotopic (exact) mass is 832 g/mol. The number of anilines is 3. The Morgan fingerprint density at radius 1 is 0.391 bits per heavy atom. The average molecular weight is 833 g/mol. The van der Waals surface area contributed by atoms with Crippen molar-refractivity contribution in [3.05, 3.63) is 253 Å². The lowest BCUT2D eigenvalue weighted by atomic mass is 9.59. The third kappa shape index (κ3) is 5.07. The molecular formula is C61H44N2Si. The first kappa shape index (κ1) is 36.9. The fourth-order valence-electron chi connectivity index (χ4n) is 11.7. The van der Waals surface area contributed by atoms with Gasteiger partial charge in [-0.2, -0.15) is 0 Å². The highest BCUT2D eigenvalue weighted by molar-refractivity contribution is 7.01. The van der Waals surface area contributed by atoms with E-state index >= 15 is 0 Å². The van der Waals surface area contributed by atoms with Crippen molar-refractivity contribution in [3.8, 4) is 27.9 Å². The van der Waals surface area contributed by atoms with Crippen molar-refractivity contribution in [2.75, 3.05) is 4.90 Å². The van der Waals surface area contributed by atoms with Crippen molar-refractivity contribution >= 4 is 68.1 Å². The van der Waals surface area contributed by atoms with Crippen LogP contribution in [-0.2, 0) is 5.41 Å². The molecule has 1 spiro atoms. The van der Waals surface area contributed by atoms with Gasteiger partial charge >= 0.3 is 0 Å². The molecule has 0 radical (unpaired) electrons. The van der Waals surface area contributed by atoms with E-state index < -0.39 is 13.5 Å². The first-order valence-electron chi connectivity index (χ1n) is 22.4. The Morgan fingerprint density at radius 3 is 1.83 bits per heavy atom. The highest BCUT2D eigenvalue weighted by Crippen LogP contribution is 2.56. The molecule has 0 saturated heterocycles. The third-order valence-corrected chi connectivity index (χ3v) is 18.0. The maximum atomic E-state index is 2.57. The average Bonchev–Trinajstić information content (AvgIpc) is 3.68. The van der Waals surface area contributed by atoms with E-state index in [4.69, 9.17) is 0 Å². The number of fused-ring (bicyclic) bond motifs is 11. The SMILES string of the molecule is C[Si]1(C)c2ccccc2C2(c3ccccc3-c3cccc4cccc2c34)c2ccc(N(c3ccccc3)c3ccc4c(c3)c3ccccc3n4-c3ccccc3-c3ccccc3)cc21. The van der Waals surface area contributed by atoms with Crippen LogP contribution in [0.3, 0.4) is 0 Å². The number of aromatic nitrogens is 1. The number of benzene rings is 10. The van der Waals surface area contributed by atoms with Gasteiger partial charge in [0.1, 0.15) is 8.07 Å². The van der Waals surface area contributed by atoms with Crippen molar-refractivity contribution in [1.29, 1.82) is 0 Å². The summed E-state index contributed by atoms with van der Waals surface area (Å²) < 4.78 is 2.45. The Balaban J connectivity index is 1.06. The van der Waals surface area contributed by atoms with Crippen molar-refractivity contribution in [2.24, 2.45) is 0 Å². The molecule has 1 aromatic heterocycles. The van der Waals surface area contributed by atoms with E-state index in [9.17, 15) is 0 Å². The minimum Gasteiger partial charge on any atom is -0.310 e. The lowest BCUT2D eigenvalue weighted by Gasteiger charge is -2.50. The third-order valence-electron chi connectivity index (χ3n) is 14.4. The number of hydrogen-bond acceptors (Lipinski definition) is 1. The van der Waals surface area contributed by atoms with Gasteiger partial charge in [0.15, 0.2) is 0 Å². The molecule has 2 nitrogen and oxygen atoms in total. The Labute approximate surface area is 375 Å². The van der Waals surface area contributed by atoms with Crippen LogP contribution >= 0.6 is 0 Å². The smallest absolute Gasteiger partial charge is 0.113 e. The largest absolute Gasteiger partial charge is 0.310 e. The standard InChI is InChI=1S/C61H44N2Si/c1-64(2)58-34-16-13-30-52(58)61(51-29-12-9-26-47(51)49-28-17-21-42-22-18-31-54(61)60(42)49)53-37-35-45(40-59(53)64)62(43-23-7-4-8-24-43)44-36-38-57-50(39-44)48-27-11-15-33-56(48)63(57)55-32-14-10-25-46(55)41-19-5-3-6-20-41/h3-40H,1-2H3. The van der Waals surface area contributed by atoms with Gasteiger partial charge in [-0.3, -0.25) is 0 Å². The highest BCUT2D eigenvalue weighted by Gasteiger charge is 2.52. The van der Waals surface area contributed by atoms with Gasteiger partial charge in [0.05, 0.1) is 22.1 Å². The zero-order valence-electron chi connectivity index (χ0n) is 35.8. The predicted molar refractivity (Wildman–Crippen MR) is 272 cm³/mol. The van der Waals surface area contributed by atoms with E-state index in [1.54, 1.807) is 0 Å². The summed E-state index contributed by atoms with van der Waals surface area (Å²) in [6, 6.07) is 86.3. The summed E-state index contributed by atoms with van der Waals surface area (Å²) in [7, 11) is -2.29. The second-order valence-corrected chi connectivity index (χ2v) is 22.3. The normalized spacial score (nSPS) is 15.5. The molecule has 3 heteroatoms. The van der Waals surface area contributed by atoms with E-state index in [0.29, 0.717) is 0 Å². The van der Waals surface area contributed by atoms with Gasteiger partial charge in [-0.25, -0.2) is 0 Å². The molecule has 0 fully saturated rings. The first-order chi connectivity index (χ1) is 31.5. The van der Waals surface area contributed by atoms with Gasteiger partial charge in [-0.1, -0.05) is 189 Å².